The van der Waals surface area contributed by atoms with Crippen molar-refractivity contribution < 1.29 is 4.39 Å². The van der Waals surface area contributed by atoms with Crippen molar-refractivity contribution in [3.63, 3.8) is 0 Å². The fraction of sp³-hybridized carbons (Fsp3) is 0.200. The summed E-state index contributed by atoms with van der Waals surface area (Å²) in [6.07, 6.45) is 0.524. The molecule has 0 bridgehead atoms. The van der Waals surface area contributed by atoms with Crippen LogP contribution in [0.3, 0.4) is 0 Å². The maximum atomic E-state index is 13.5. The first-order chi connectivity index (χ1) is 8.16. The molecule has 0 fully saturated rings. The minimum atomic E-state index is -0.185. The molecule has 0 radical (unpaired) electrons. The van der Waals surface area contributed by atoms with E-state index in [0.29, 0.717) is 12.0 Å². The maximum absolute atomic E-state index is 13.5. The van der Waals surface area contributed by atoms with Crippen molar-refractivity contribution >= 4 is 0 Å². The molecule has 1 atom stereocenters. The lowest BCUT2D eigenvalue weighted by Crippen LogP contribution is -2.14. The highest BCUT2D eigenvalue weighted by atomic mass is 19.1. The quantitative estimate of drug-likeness (QED) is 0.858. The molecule has 2 aromatic carbocycles. The first-order valence-corrected chi connectivity index (χ1v) is 5.72. The highest BCUT2D eigenvalue weighted by Crippen LogP contribution is 2.18. The fourth-order valence-corrected chi connectivity index (χ4v) is 1.83. The van der Waals surface area contributed by atoms with Gasteiger partial charge in [-0.05, 0) is 30.5 Å². The van der Waals surface area contributed by atoms with E-state index in [9.17, 15) is 4.39 Å². The molecule has 1 unspecified atom stereocenters. The van der Waals surface area contributed by atoms with E-state index in [1.165, 1.54) is 11.6 Å². The van der Waals surface area contributed by atoms with Gasteiger partial charge in [-0.3, -0.25) is 0 Å². The second-order valence-corrected chi connectivity index (χ2v) is 4.31. The van der Waals surface area contributed by atoms with E-state index in [1.54, 1.807) is 12.1 Å². The third-order valence-electron chi connectivity index (χ3n) is 2.90. The molecule has 0 aromatic heterocycles. The minimum Gasteiger partial charge on any atom is -0.324 e. The minimum absolute atomic E-state index is 0.160. The van der Waals surface area contributed by atoms with Crippen LogP contribution in [0.2, 0.25) is 0 Å². The molecule has 17 heavy (non-hydrogen) atoms. The molecule has 0 saturated carbocycles. The Kier molecular flexibility index (Phi) is 3.55. The summed E-state index contributed by atoms with van der Waals surface area (Å²) in [4.78, 5) is 0. The predicted molar refractivity (Wildman–Crippen MR) is 68.2 cm³/mol. The molecule has 2 heteroatoms. The Labute approximate surface area is 101 Å². The predicted octanol–water partition coefficient (Wildman–Crippen LogP) is 3.38. The summed E-state index contributed by atoms with van der Waals surface area (Å²) in [6.45, 7) is 2.03. The summed E-state index contributed by atoms with van der Waals surface area (Å²) in [7, 11) is 0. The van der Waals surface area contributed by atoms with Gasteiger partial charge in [-0.1, -0.05) is 48.0 Å². The molecule has 0 spiro atoms. The van der Waals surface area contributed by atoms with Crippen LogP contribution in [0.15, 0.2) is 48.5 Å². The largest absolute Gasteiger partial charge is 0.324 e. The van der Waals surface area contributed by atoms with Crippen molar-refractivity contribution in [1.29, 1.82) is 0 Å². The van der Waals surface area contributed by atoms with Gasteiger partial charge in [0.1, 0.15) is 5.82 Å². The lowest BCUT2D eigenvalue weighted by Gasteiger charge is -2.12. The maximum Gasteiger partial charge on any atom is 0.126 e. The lowest BCUT2D eigenvalue weighted by molar-refractivity contribution is 0.593. The Bertz CT molecular complexity index is 491. The molecule has 88 valence electrons. The van der Waals surface area contributed by atoms with Crippen LogP contribution in [0.25, 0.3) is 0 Å². The summed E-state index contributed by atoms with van der Waals surface area (Å²) in [5, 5.41) is 0. The third kappa shape index (κ3) is 2.92. The molecule has 1 nitrogen and oxygen atoms in total. The first-order valence-electron chi connectivity index (χ1n) is 5.72. The molecular weight excluding hydrogens is 213 g/mol. The fourth-order valence-electron chi connectivity index (χ4n) is 1.83. The SMILES string of the molecule is Cc1ccc(C(N)Cc2ccccc2F)cc1. The number of nitrogens with two attached hydrogens (primary N) is 1. The van der Waals surface area contributed by atoms with Crippen molar-refractivity contribution in [2.45, 2.75) is 19.4 Å². The van der Waals surface area contributed by atoms with Gasteiger partial charge in [-0.25, -0.2) is 4.39 Å². The number of aryl methyl sites for hydroxylation is 1. The average Bonchev–Trinajstić information content (AvgIpc) is 2.33. The second-order valence-electron chi connectivity index (χ2n) is 4.31. The highest BCUT2D eigenvalue weighted by molar-refractivity contribution is 5.26. The number of hydrogen-bond acceptors (Lipinski definition) is 1. The standard InChI is InChI=1S/C15H16FN/c1-11-6-8-12(9-7-11)15(17)10-13-4-2-3-5-14(13)16/h2-9,15H,10,17H2,1H3. The van der Waals surface area contributed by atoms with Gasteiger partial charge < -0.3 is 5.73 Å². The monoisotopic (exact) mass is 229 g/mol. The van der Waals surface area contributed by atoms with Crippen LogP contribution in [0.5, 0.6) is 0 Å². The van der Waals surface area contributed by atoms with Gasteiger partial charge in [0.05, 0.1) is 0 Å². The van der Waals surface area contributed by atoms with E-state index in [4.69, 9.17) is 5.73 Å². The molecule has 2 rings (SSSR count). The lowest BCUT2D eigenvalue weighted by atomic mass is 9.99. The molecule has 0 aliphatic heterocycles. The van der Waals surface area contributed by atoms with Gasteiger partial charge in [0.15, 0.2) is 0 Å². The van der Waals surface area contributed by atoms with E-state index < -0.39 is 0 Å². The van der Waals surface area contributed by atoms with Crippen molar-refractivity contribution in [3.8, 4) is 0 Å². The smallest absolute Gasteiger partial charge is 0.126 e. The summed E-state index contributed by atoms with van der Waals surface area (Å²) in [6, 6.07) is 14.7. The van der Waals surface area contributed by atoms with E-state index in [-0.39, 0.29) is 11.9 Å². The van der Waals surface area contributed by atoms with Crippen LogP contribution in [0.1, 0.15) is 22.7 Å². The van der Waals surface area contributed by atoms with Crippen LogP contribution >= 0.6 is 0 Å². The molecule has 0 aliphatic rings. The Balaban J connectivity index is 2.14. The van der Waals surface area contributed by atoms with Crippen molar-refractivity contribution in [1.82, 2.24) is 0 Å². The number of hydrogen-bond donors (Lipinski definition) is 1. The van der Waals surface area contributed by atoms with Crippen LogP contribution in [0.4, 0.5) is 4.39 Å². The van der Waals surface area contributed by atoms with Crippen LogP contribution in [-0.2, 0) is 6.42 Å². The number of rotatable bonds is 3. The van der Waals surface area contributed by atoms with Crippen LogP contribution < -0.4 is 5.73 Å². The number of benzene rings is 2. The zero-order valence-corrected chi connectivity index (χ0v) is 9.86. The topological polar surface area (TPSA) is 26.0 Å². The van der Waals surface area contributed by atoms with Crippen LogP contribution in [-0.4, -0.2) is 0 Å². The van der Waals surface area contributed by atoms with Crippen molar-refractivity contribution in [2.24, 2.45) is 5.73 Å². The molecule has 2 aromatic rings. The van der Waals surface area contributed by atoms with Gasteiger partial charge in [-0.15, -0.1) is 0 Å². The zero-order chi connectivity index (χ0) is 12.3. The Morgan fingerprint density at radius 2 is 1.71 bits per heavy atom. The summed E-state index contributed by atoms with van der Waals surface area (Å²) in [5.41, 5.74) is 8.99. The van der Waals surface area contributed by atoms with Gasteiger partial charge >= 0.3 is 0 Å². The summed E-state index contributed by atoms with van der Waals surface area (Å²) < 4.78 is 13.5. The zero-order valence-electron chi connectivity index (χ0n) is 9.86. The normalized spacial score (nSPS) is 12.4. The second kappa shape index (κ2) is 5.11. The van der Waals surface area contributed by atoms with E-state index in [1.807, 2.05) is 37.3 Å². The van der Waals surface area contributed by atoms with Gasteiger partial charge in [0.25, 0.3) is 0 Å². The average molecular weight is 229 g/mol. The molecular formula is C15H16FN. The van der Waals surface area contributed by atoms with Crippen LogP contribution in [0, 0.1) is 12.7 Å². The van der Waals surface area contributed by atoms with Crippen molar-refractivity contribution in [3.05, 3.63) is 71.0 Å². The summed E-state index contributed by atoms with van der Waals surface area (Å²) in [5.74, 6) is -0.185. The molecule has 0 heterocycles. The highest BCUT2D eigenvalue weighted by Gasteiger charge is 2.09. The van der Waals surface area contributed by atoms with Gasteiger partial charge in [0, 0.05) is 6.04 Å². The van der Waals surface area contributed by atoms with Gasteiger partial charge in [-0.2, -0.15) is 0 Å². The Hall–Kier alpha value is -1.67. The first kappa shape index (κ1) is 11.8. The number of halogens is 1. The molecule has 0 amide bonds. The van der Waals surface area contributed by atoms with Gasteiger partial charge in [0.2, 0.25) is 0 Å². The molecule has 2 N–H and O–H groups in total. The van der Waals surface area contributed by atoms with E-state index in [0.717, 1.165) is 5.56 Å². The molecule has 0 saturated heterocycles. The van der Waals surface area contributed by atoms with E-state index in [2.05, 4.69) is 0 Å². The summed E-state index contributed by atoms with van der Waals surface area (Å²) >= 11 is 0. The molecule has 0 aliphatic carbocycles. The Morgan fingerprint density at radius 3 is 2.35 bits per heavy atom. The van der Waals surface area contributed by atoms with E-state index >= 15 is 0 Å². The Morgan fingerprint density at radius 1 is 1.06 bits per heavy atom. The third-order valence-corrected chi connectivity index (χ3v) is 2.90. The van der Waals surface area contributed by atoms with Crippen molar-refractivity contribution in [2.75, 3.05) is 0 Å².